The molecule has 0 aromatic carbocycles. The van der Waals surface area contributed by atoms with Gasteiger partial charge in [0.2, 0.25) is 0 Å². The summed E-state index contributed by atoms with van der Waals surface area (Å²) in [6.45, 7) is 8.29. The molecule has 0 aliphatic rings. The van der Waals surface area contributed by atoms with Gasteiger partial charge in [-0.3, -0.25) is 0 Å². The maximum absolute atomic E-state index is 9.45. The SMILES string of the molecule is CC(C)(O)CCOC(C)(C)CCS. The van der Waals surface area contributed by atoms with Crippen molar-refractivity contribution in [1.82, 2.24) is 0 Å². The number of thiol groups is 1. The zero-order chi connectivity index (χ0) is 10.5. The van der Waals surface area contributed by atoms with E-state index in [2.05, 4.69) is 12.6 Å². The highest BCUT2D eigenvalue weighted by molar-refractivity contribution is 7.80. The van der Waals surface area contributed by atoms with Crippen molar-refractivity contribution in [2.24, 2.45) is 0 Å². The largest absolute Gasteiger partial charge is 0.390 e. The Hall–Kier alpha value is 0.270. The van der Waals surface area contributed by atoms with Crippen LogP contribution < -0.4 is 0 Å². The topological polar surface area (TPSA) is 29.5 Å². The molecule has 2 nitrogen and oxygen atoms in total. The lowest BCUT2D eigenvalue weighted by atomic mass is 10.0. The van der Waals surface area contributed by atoms with E-state index in [4.69, 9.17) is 4.74 Å². The average molecular weight is 206 g/mol. The fourth-order valence-electron chi connectivity index (χ4n) is 0.919. The van der Waals surface area contributed by atoms with Gasteiger partial charge in [-0.1, -0.05) is 0 Å². The van der Waals surface area contributed by atoms with E-state index in [0.29, 0.717) is 13.0 Å². The molecule has 0 amide bonds. The molecule has 80 valence electrons. The summed E-state index contributed by atoms with van der Waals surface area (Å²) in [7, 11) is 0. The van der Waals surface area contributed by atoms with Crippen LogP contribution in [0.5, 0.6) is 0 Å². The number of ether oxygens (including phenoxy) is 1. The Morgan fingerprint density at radius 3 is 2.08 bits per heavy atom. The first kappa shape index (κ1) is 13.3. The summed E-state index contributed by atoms with van der Waals surface area (Å²) in [6, 6.07) is 0. The van der Waals surface area contributed by atoms with Crippen LogP contribution in [0, 0.1) is 0 Å². The quantitative estimate of drug-likeness (QED) is 0.653. The van der Waals surface area contributed by atoms with E-state index in [-0.39, 0.29) is 5.60 Å². The Balaban J connectivity index is 3.63. The molecule has 0 aliphatic carbocycles. The Kier molecular flexibility index (Phi) is 5.33. The molecule has 1 N–H and O–H groups in total. The van der Waals surface area contributed by atoms with Crippen LogP contribution in [-0.2, 0) is 4.74 Å². The second kappa shape index (κ2) is 5.23. The zero-order valence-electron chi connectivity index (χ0n) is 9.13. The van der Waals surface area contributed by atoms with Crippen molar-refractivity contribution in [1.29, 1.82) is 0 Å². The van der Waals surface area contributed by atoms with Crippen LogP contribution >= 0.6 is 12.6 Å². The normalized spacial score (nSPS) is 13.4. The molecule has 0 atom stereocenters. The Morgan fingerprint density at radius 1 is 1.15 bits per heavy atom. The van der Waals surface area contributed by atoms with E-state index < -0.39 is 5.60 Å². The van der Waals surface area contributed by atoms with Gasteiger partial charge in [0.15, 0.2) is 0 Å². The minimum atomic E-state index is -0.628. The maximum Gasteiger partial charge on any atom is 0.0634 e. The molecule has 0 radical (unpaired) electrons. The number of aliphatic hydroxyl groups is 1. The predicted octanol–water partition coefficient (Wildman–Crippen LogP) is 2.26. The maximum atomic E-state index is 9.45. The third kappa shape index (κ3) is 8.60. The van der Waals surface area contributed by atoms with Crippen molar-refractivity contribution in [3.63, 3.8) is 0 Å². The number of hydrogen-bond donors (Lipinski definition) is 2. The van der Waals surface area contributed by atoms with Crippen LogP contribution in [-0.4, -0.2) is 28.7 Å². The van der Waals surface area contributed by atoms with Crippen LogP contribution in [0.4, 0.5) is 0 Å². The second-order valence-corrected chi connectivity index (χ2v) is 5.09. The monoisotopic (exact) mass is 206 g/mol. The van der Waals surface area contributed by atoms with Gasteiger partial charge in [-0.2, -0.15) is 12.6 Å². The summed E-state index contributed by atoms with van der Waals surface area (Å²) in [5.74, 6) is 0.829. The molecular formula is C10H22O2S. The summed E-state index contributed by atoms with van der Waals surface area (Å²) in [6.07, 6.45) is 1.60. The molecule has 3 heteroatoms. The Morgan fingerprint density at radius 2 is 1.69 bits per heavy atom. The van der Waals surface area contributed by atoms with Crippen LogP contribution in [0.25, 0.3) is 0 Å². The highest BCUT2D eigenvalue weighted by Crippen LogP contribution is 2.17. The minimum absolute atomic E-state index is 0.118. The van der Waals surface area contributed by atoms with Gasteiger partial charge in [-0.05, 0) is 46.3 Å². The van der Waals surface area contributed by atoms with Gasteiger partial charge in [-0.15, -0.1) is 0 Å². The molecule has 0 unspecified atom stereocenters. The highest BCUT2D eigenvalue weighted by Gasteiger charge is 2.19. The Bertz CT molecular complexity index is 138. The van der Waals surface area contributed by atoms with Crippen molar-refractivity contribution in [2.45, 2.75) is 51.7 Å². The molecule has 0 heterocycles. The van der Waals surface area contributed by atoms with Gasteiger partial charge in [0.25, 0.3) is 0 Å². The molecule has 0 saturated carbocycles. The fraction of sp³-hybridized carbons (Fsp3) is 1.00. The van der Waals surface area contributed by atoms with Crippen molar-refractivity contribution >= 4 is 12.6 Å². The third-order valence-electron chi connectivity index (χ3n) is 1.92. The summed E-state index contributed by atoms with van der Waals surface area (Å²) in [4.78, 5) is 0. The van der Waals surface area contributed by atoms with Gasteiger partial charge in [0.1, 0.15) is 0 Å². The molecule has 0 aromatic rings. The van der Waals surface area contributed by atoms with Crippen LogP contribution in [0.2, 0.25) is 0 Å². The third-order valence-corrected chi connectivity index (χ3v) is 2.14. The first-order valence-electron chi connectivity index (χ1n) is 4.74. The first-order chi connectivity index (χ1) is 5.77. The van der Waals surface area contributed by atoms with E-state index in [1.165, 1.54) is 0 Å². The van der Waals surface area contributed by atoms with Crippen molar-refractivity contribution in [3.05, 3.63) is 0 Å². The van der Waals surface area contributed by atoms with Crippen molar-refractivity contribution in [3.8, 4) is 0 Å². The zero-order valence-corrected chi connectivity index (χ0v) is 10.0. The van der Waals surface area contributed by atoms with E-state index in [9.17, 15) is 5.11 Å². The molecule has 0 rings (SSSR count). The predicted molar refractivity (Wildman–Crippen MR) is 59.4 cm³/mol. The lowest BCUT2D eigenvalue weighted by Crippen LogP contribution is -2.29. The molecule has 0 aliphatic heterocycles. The standard InChI is InChI=1S/C10H22O2S/c1-9(2,11)5-7-12-10(3,4)6-8-13/h11,13H,5-8H2,1-4H3. The highest BCUT2D eigenvalue weighted by atomic mass is 32.1. The average Bonchev–Trinajstić information content (AvgIpc) is 1.82. The number of hydrogen-bond acceptors (Lipinski definition) is 3. The van der Waals surface area contributed by atoms with Crippen LogP contribution in [0.1, 0.15) is 40.5 Å². The molecule has 0 bridgehead atoms. The van der Waals surface area contributed by atoms with Gasteiger partial charge in [0, 0.05) is 0 Å². The number of rotatable bonds is 6. The molecular weight excluding hydrogens is 184 g/mol. The molecule has 0 aromatic heterocycles. The first-order valence-corrected chi connectivity index (χ1v) is 5.37. The summed E-state index contributed by atoms with van der Waals surface area (Å²) in [5.41, 5.74) is -0.746. The smallest absolute Gasteiger partial charge is 0.0634 e. The van der Waals surface area contributed by atoms with E-state index in [1.807, 2.05) is 13.8 Å². The molecule has 0 saturated heterocycles. The summed E-state index contributed by atoms with van der Waals surface area (Å²) in [5, 5.41) is 9.45. The molecule has 0 fully saturated rings. The van der Waals surface area contributed by atoms with Gasteiger partial charge in [-0.25, -0.2) is 0 Å². The van der Waals surface area contributed by atoms with Crippen LogP contribution in [0.3, 0.4) is 0 Å². The van der Waals surface area contributed by atoms with Gasteiger partial charge < -0.3 is 9.84 Å². The summed E-state index contributed by atoms with van der Waals surface area (Å²) < 4.78 is 5.64. The lowest BCUT2D eigenvalue weighted by molar-refractivity contribution is -0.0468. The minimum Gasteiger partial charge on any atom is -0.390 e. The van der Waals surface area contributed by atoms with E-state index >= 15 is 0 Å². The van der Waals surface area contributed by atoms with Crippen molar-refractivity contribution < 1.29 is 9.84 Å². The Labute approximate surface area is 87.1 Å². The summed E-state index contributed by atoms with van der Waals surface area (Å²) >= 11 is 4.16. The van der Waals surface area contributed by atoms with Crippen molar-refractivity contribution in [2.75, 3.05) is 12.4 Å². The van der Waals surface area contributed by atoms with E-state index in [1.54, 1.807) is 13.8 Å². The molecule has 13 heavy (non-hydrogen) atoms. The lowest BCUT2D eigenvalue weighted by Gasteiger charge is -2.26. The van der Waals surface area contributed by atoms with Gasteiger partial charge in [0.05, 0.1) is 17.8 Å². The fourth-order valence-corrected chi connectivity index (χ4v) is 1.46. The molecule has 0 spiro atoms. The second-order valence-electron chi connectivity index (χ2n) is 4.64. The van der Waals surface area contributed by atoms with Crippen LogP contribution in [0.15, 0.2) is 0 Å². The van der Waals surface area contributed by atoms with Gasteiger partial charge >= 0.3 is 0 Å². The van der Waals surface area contributed by atoms with E-state index in [0.717, 1.165) is 12.2 Å².